The summed E-state index contributed by atoms with van der Waals surface area (Å²) < 4.78 is 6.78. The highest BCUT2D eigenvalue weighted by atomic mass is 32.1. The molecule has 0 fully saturated rings. The fourth-order valence-electron chi connectivity index (χ4n) is 2.40. The molecular weight excluding hydrogens is 332 g/mol. The number of nitrogens with one attached hydrogen (secondary N) is 1. The number of aromatic nitrogens is 1. The number of anilines is 1. The lowest BCUT2D eigenvalue weighted by Crippen LogP contribution is -2.12. The molecule has 0 aliphatic carbocycles. The highest BCUT2D eigenvalue weighted by molar-refractivity contribution is 7.22. The van der Waals surface area contributed by atoms with Gasteiger partial charge in [0.25, 0.3) is 5.91 Å². The van der Waals surface area contributed by atoms with Gasteiger partial charge >= 0.3 is 0 Å². The topological polar surface area (TPSA) is 51.2 Å². The Balaban J connectivity index is 1.74. The number of aryl methyl sites for hydroxylation is 1. The number of carbonyl (C=O) groups excluding carboxylic acids is 1. The summed E-state index contributed by atoms with van der Waals surface area (Å²) in [6.45, 7) is 6.93. The number of benzene rings is 2. The maximum atomic E-state index is 12.5. The maximum absolute atomic E-state index is 12.5. The van der Waals surface area contributed by atoms with E-state index in [9.17, 15) is 4.79 Å². The summed E-state index contributed by atoms with van der Waals surface area (Å²) in [6, 6.07) is 13.4. The maximum Gasteiger partial charge on any atom is 0.257 e. The van der Waals surface area contributed by atoms with Crippen molar-refractivity contribution in [1.82, 2.24) is 4.98 Å². The number of amides is 1. The molecule has 3 aromatic rings. The number of hydrogen-bond donors (Lipinski definition) is 1. The zero-order valence-corrected chi connectivity index (χ0v) is 15.5. The standard InChI is InChI=1S/C20H22N2O2S/c1-4-14-8-9-17-18(10-14)25-20(21-17)22-19(23)15-6-5-7-16(11-15)24-12-13(2)3/h5-11,13H,4,12H2,1-3H3,(H,21,22,23). The van der Waals surface area contributed by atoms with Crippen molar-refractivity contribution >= 4 is 32.6 Å². The van der Waals surface area contributed by atoms with Crippen molar-refractivity contribution in [1.29, 1.82) is 0 Å². The molecule has 0 unspecified atom stereocenters. The van der Waals surface area contributed by atoms with Gasteiger partial charge in [-0.25, -0.2) is 4.98 Å². The Morgan fingerprint density at radius 2 is 2.08 bits per heavy atom. The van der Waals surface area contributed by atoms with E-state index in [0.717, 1.165) is 16.6 Å². The Morgan fingerprint density at radius 3 is 2.84 bits per heavy atom. The quantitative estimate of drug-likeness (QED) is 0.666. The minimum absolute atomic E-state index is 0.176. The lowest BCUT2D eigenvalue weighted by Gasteiger charge is -2.09. The number of nitrogens with zero attached hydrogens (tertiary/aromatic N) is 1. The van der Waals surface area contributed by atoms with Crippen molar-refractivity contribution in [3.05, 3.63) is 53.6 Å². The first-order valence-electron chi connectivity index (χ1n) is 8.49. The van der Waals surface area contributed by atoms with E-state index in [1.165, 1.54) is 16.9 Å². The Kier molecular flexibility index (Phi) is 5.34. The number of hydrogen-bond acceptors (Lipinski definition) is 4. The normalized spacial score (nSPS) is 11.0. The third-order valence-corrected chi connectivity index (χ3v) is 4.69. The van der Waals surface area contributed by atoms with Gasteiger partial charge in [0.2, 0.25) is 0 Å². The molecule has 0 bridgehead atoms. The van der Waals surface area contributed by atoms with E-state index in [4.69, 9.17) is 4.74 Å². The molecule has 5 heteroatoms. The Labute approximate surface area is 151 Å². The lowest BCUT2D eigenvalue weighted by molar-refractivity contribution is 0.102. The molecule has 0 atom stereocenters. The molecule has 1 heterocycles. The zero-order chi connectivity index (χ0) is 17.8. The van der Waals surface area contributed by atoms with Crippen LogP contribution in [0, 0.1) is 5.92 Å². The minimum Gasteiger partial charge on any atom is -0.493 e. The van der Waals surface area contributed by atoms with Gasteiger partial charge in [0.1, 0.15) is 5.75 Å². The molecule has 130 valence electrons. The fourth-order valence-corrected chi connectivity index (χ4v) is 3.33. The molecular formula is C20H22N2O2S. The smallest absolute Gasteiger partial charge is 0.257 e. The van der Waals surface area contributed by atoms with Crippen LogP contribution in [-0.4, -0.2) is 17.5 Å². The predicted octanol–water partition coefficient (Wildman–Crippen LogP) is 5.15. The van der Waals surface area contributed by atoms with Crippen LogP contribution in [0.2, 0.25) is 0 Å². The molecule has 3 rings (SSSR count). The van der Waals surface area contributed by atoms with Gasteiger partial charge in [0.15, 0.2) is 5.13 Å². The SMILES string of the molecule is CCc1ccc2nc(NC(=O)c3cccc(OCC(C)C)c3)sc2c1. The van der Waals surface area contributed by atoms with Crippen molar-refractivity contribution in [2.75, 3.05) is 11.9 Å². The molecule has 1 amide bonds. The van der Waals surface area contributed by atoms with E-state index in [-0.39, 0.29) is 5.91 Å². The molecule has 2 aromatic carbocycles. The summed E-state index contributed by atoms with van der Waals surface area (Å²) >= 11 is 1.49. The second-order valence-electron chi connectivity index (χ2n) is 6.36. The van der Waals surface area contributed by atoms with E-state index in [0.29, 0.717) is 29.0 Å². The van der Waals surface area contributed by atoms with Crippen LogP contribution in [0.1, 0.15) is 36.7 Å². The van der Waals surface area contributed by atoms with Crippen LogP contribution in [0.4, 0.5) is 5.13 Å². The Bertz CT molecular complexity index is 886. The van der Waals surface area contributed by atoms with Gasteiger partial charge in [-0.1, -0.05) is 44.2 Å². The molecule has 0 aliphatic heterocycles. The third kappa shape index (κ3) is 4.37. The summed E-state index contributed by atoms with van der Waals surface area (Å²) in [6.07, 6.45) is 0.985. The first-order chi connectivity index (χ1) is 12.0. The van der Waals surface area contributed by atoms with E-state index in [1.807, 2.05) is 18.2 Å². The molecule has 0 aliphatic rings. The van der Waals surface area contributed by atoms with E-state index >= 15 is 0 Å². The van der Waals surface area contributed by atoms with Gasteiger partial charge in [-0.3, -0.25) is 10.1 Å². The molecule has 0 saturated heterocycles. The van der Waals surface area contributed by atoms with Crippen molar-refractivity contribution in [2.24, 2.45) is 5.92 Å². The number of ether oxygens (including phenoxy) is 1. The summed E-state index contributed by atoms with van der Waals surface area (Å²) in [7, 11) is 0. The van der Waals surface area contributed by atoms with Gasteiger partial charge < -0.3 is 4.74 Å². The van der Waals surface area contributed by atoms with Crippen molar-refractivity contribution in [3.63, 3.8) is 0 Å². The fraction of sp³-hybridized carbons (Fsp3) is 0.300. The predicted molar refractivity (Wildman–Crippen MR) is 104 cm³/mol. The Morgan fingerprint density at radius 1 is 1.24 bits per heavy atom. The summed E-state index contributed by atoms with van der Waals surface area (Å²) in [5.41, 5.74) is 2.74. The van der Waals surface area contributed by atoms with Crippen LogP contribution in [0.5, 0.6) is 5.75 Å². The average Bonchev–Trinajstić information content (AvgIpc) is 3.01. The van der Waals surface area contributed by atoms with Gasteiger partial charge in [-0.2, -0.15) is 0 Å². The number of carbonyl (C=O) groups is 1. The number of rotatable bonds is 6. The highest BCUT2D eigenvalue weighted by Gasteiger charge is 2.11. The molecule has 1 N–H and O–H groups in total. The van der Waals surface area contributed by atoms with Crippen LogP contribution >= 0.6 is 11.3 Å². The molecule has 25 heavy (non-hydrogen) atoms. The van der Waals surface area contributed by atoms with Crippen LogP contribution in [0.25, 0.3) is 10.2 Å². The van der Waals surface area contributed by atoms with Crippen LogP contribution in [-0.2, 0) is 6.42 Å². The Hall–Kier alpha value is -2.40. The first-order valence-corrected chi connectivity index (χ1v) is 9.30. The lowest BCUT2D eigenvalue weighted by atomic mass is 10.2. The second-order valence-corrected chi connectivity index (χ2v) is 7.39. The number of fused-ring (bicyclic) bond motifs is 1. The molecule has 4 nitrogen and oxygen atoms in total. The minimum atomic E-state index is -0.176. The first kappa shape index (κ1) is 17.4. The van der Waals surface area contributed by atoms with Gasteiger partial charge in [0.05, 0.1) is 16.8 Å². The average molecular weight is 354 g/mol. The van der Waals surface area contributed by atoms with Gasteiger partial charge in [0, 0.05) is 5.56 Å². The zero-order valence-electron chi connectivity index (χ0n) is 14.7. The highest BCUT2D eigenvalue weighted by Crippen LogP contribution is 2.27. The van der Waals surface area contributed by atoms with Crippen molar-refractivity contribution in [2.45, 2.75) is 27.2 Å². The van der Waals surface area contributed by atoms with Gasteiger partial charge in [-0.05, 0) is 48.2 Å². The van der Waals surface area contributed by atoms with Crippen molar-refractivity contribution < 1.29 is 9.53 Å². The van der Waals surface area contributed by atoms with Crippen molar-refractivity contribution in [3.8, 4) is 5.75 Å². The summed E-state index contributed by atoms with van der Waals surface area (Å²) in [5.74, 6) is 0.969. The monoisotopic (exact) mass is 354 g/mol. The molecule has 0 spiro atoms. The number of thiazole rings is 1. The second kappa shape index (κ2) is 7.66. The molecule has 0 radical (unpaired) electrons. The van der Waals surface area contributed by atoms with E-state index in [2.05, 4.69) is 43.2 Å². The summed E-state index contributed by atoms with van der Waals surface area (Å²) in [4.78, 5) is 17.0. The third-order valence-electron chi connectivity index (χ3n) is 3.76. The largest absolute Gasteiger partial charge is 0.493 e. The summed E-state index contributed by atoms with van der Waals surface area (Å²) in [5, 5.41) is 3.50. The van der Waals surface area contributed by atoms with Crippen LogP contribution in [0.3, 0.4) is 0 Å². The van der Waals surface area contributed by atoms with Crippen LogP contribution < -0.4 is 10.1 Å². The molecule has 0 saturated carbocycles. The molecule has 1 aromatic heterocycles. The van der Waals surface area contributed by atoms with E-state index < -0.39 is 0 Å². The van der Waals surface area contributed by atoms with Gasteiger partial charge in [-0.15, -0.1) is 0 Å². The van der Waals surface area contributed by atoms with E-state index in [1.54, 1.807) is 12.1 Å². The van der Waals surface area contributed by atoms with Crippen LogP contribution in [0.15, 0.2) is 42.5 Å².